The Balaban J connectivity index is 0.00000225. The zero-order chi connectivity index (χ0) is 17.6. The number of rotatable bonds is 3. The molecule has 0 saturated carbocycles. The maximum absolute atomic E-state index is 11.0. The number of aliphatic hydroxyl groups excluding tert-OH is 3. The van der Waals surface area contributed by atoms with Crippen molar-refractivity contribution in [2.45, 2.75) is 30.7 Å². The number of hydrogen-bond donors (Lipinski definition) is 4. The predicted molar refractivity (Wildman–Crippen MR) is 83.3 cm³/mol. The summed E-state index contributed by atoms with van der Waals surface area (Å²) in [5, 5.41) is 41.2. The van der Waals surface area contributed by atoms with E-state index < -0.39 is 36.7 Å². The minimum atomic E-state index is -1.85. The quantitative estimate of drug-likeness (QED) is 0.361. The second kappa shape index (κ2) is 8.12. The van der Waals surface area contributed by atoms with Gasteiger partial charge in [-0.2, -0.15) is 0 Å². The van der Waals surface area contributed by atoms with Gasteiger partial charge in [0.2, 0.25) is 6.29 Å². The molecule has 11 heteroatoms. The standard InChI is InChI=1S/C14H13BrClNO7.Na/c15-4-1-2-5-7(8(4)16)6(3-17-5)23-14-11(20)9(18)10(19)12(24-14)13(21)22;/h1-3,9-12,14,17-20H,(H,21,22);/q;+1/p-1/t9-,10-,11+,12-,14+;/m1./s1. The molecule has 1 fully saturated rings. The summed E-state index contributed by atoms with van der Waals surface area (Å²) in [5.74, 6) is -1.55. The Bertz CT molecular complexity index is 788. The molecule has 0 unspecified atom stereocenters. The minimum absolute atomic E-state index is 0. The molecule has 25 heavy (non-hydrogen) atoms. The van der Waals surface area contributed by atoms with Crippen LogP contribution in [0.2, 0.25) is 5.02 Å². The van der Waals surface area contributed by atoms with Crippen LogP contribution in [0.4, 0.5) is 0 Å². The van der Waals surface area contributed by atoms with Crippen LogP contribution in [0.1, 0.15) is 0 Å². The molecule has 1 aliphatic heterocycles. The molecule has 2 heterocycles. The van der Waals surface area contributed by atoms with Crippen molar-refractivity contribution in [2.75, 3.05) is 0 Å². The molecule has 0 bridgehead atoms. The van der Waals surface area contributed by atoms with Gasteiger partial charge in [-0.25, -0.2) is 0 Å². The zero-order valence-corrected chi connectivity index (χ0v) is 17.2. The second-order valence-electron chi connectivity index (χ2n) is 5.27. The van der Waals surface area contributed by atoms with E-state index in [9.17, 15) is 25.2 Å². The van der Waals surface area contributed by atoms with Crippen molar-refractivity contribution in [2.24, 2.45) is 0 Å². The molecule has 0 aliphatic carbocycles. The van der Waals surface area contributed by atoms with Crippen molar-refractivity contribution in [3.8, 4) is 5.75 Å². The topological polar surface area (TPSA) is 135 Å². The van der Waals surface area contributed by atoms with Crippen LogP contribution >= 0.6 is 27.5 Å². The van der Waals surface area contributed by atoms with Crippen LogP contribution in [0.5, 0.6) is 5.75 Å². The molecule has 8 nitrogen and oxygen atoms in total. The molecule has 0 radical (unpaired) electrons. The average molecular weight is 445 g/mol. The van der Waals surface area contributed by atoms with Gasteiger partial charge in [0.1, 0.15) is 30.2 Å². The Kier molecular flexibility index (Phi) is 6.80. The number of nitrogens with one attached hydrogen (secondary N) is 1. The number of aliphatic hydroxyl groups is 3. The first-order valence-corrected chi connectivity index (χ1v) is 8.00. The first kappa shape index (κ1) is 20.9. The van der Waals surface area contributed by atoms with Crippen molar-refractivity contribution in [3.05, 3.63) is 27.8 Å². The maximum Gasteiger partial charge on any atom is 1.00 e. The maximum atomic E-state index is 11.0. The molecule has 4 N–H and O–H groups in total. The normalized spacial score (nSPS) is 29.2. The van der Waals surface area contributed by atoms with Gasteiger partial charge in [0.05, 0.1) is 21.9 Å². The van der Waals surface area contributed by atoms with Gasteiger partial charge in [-0.15, -0.1) is 0 Å². The molecule has 1 saturated heterocycles. The number of fused-ring (bicyclic) bond motifs is 1. The Morgan fingerprint density at radius 1 is 1.28 bits per heavy atom. The monoisotopic (exact) mass is 443 g/mol. The van der Waals surface area contributed by atoms with Gasteiger partial charge >= 0.3 is 29.6 Å². The Morgan fingerprint density at radius 3 is 2.60 bits per heavy atom. The summed E-state index contributed by atoms with van der Waals surface area (Å²) in [4.78, 5) is 13.9. The van der Waals surface area contributed by atoms with Crippen LogP contribution in [0.15, 0.2) is 22.8 Å². The first-order chi connectivity index (χ1) is 11.3. The largest absolute Gasteiger partial charge is 1.00 e. The van der Waals surface area contributed by atoms with Crippen molar-refractivity contribution >= 4 is 44.4 Å². The molecular formula is C14H12BrClNNaO7. The summed E-state index contributed by atoms with van der Waals surface area (Å²) in [5.41, 5.74) is 0.639. The van der Waals surface area contributed by atoms with Crippen LogP contribution in [-0.2, 0) is 9.53 Å². The van der Waals surface area contributed by atoms with Crippen molar-refractivity contribution in [1.29, 1.82) is 0 Å². The Morgan fingerprint density at radius 2 is 1.96 bits per heavy atom. The van der Waals surface area contributed by atoms with Gasteiger partial charge in [-0.05, 0) is 28.1 Å². The molecular weight excluding hydrogens is 433 g/mol. The van der Waals surface area contributed by atoms with Crippen LogP contribution in [0.3, 0.4) is 0 Å². The van der Waals surface area contributed by atoms with E-state index in [-0.39, 0.29) is 35.3 Å². The van der Waals surface area contributed by atoms with Crippen molar-refractivity contribution in [1.82, 2.24) is 4.98 Å². The van der Waals surface area contributed by atoms with E-state index in [1.165, 1.54) is 6.20 Å². The fraction of sp³-hybridized carbons (Fsp3) is 0.357. The number of ether oxygens (including phenoxy) is 2. The number of aliphatic carboxylic acids is 1. The number of aromatic amines is 1. The molecule has 1 aliphatic rings. The first-order valence-electron chi connectivity index (χ1n) is 6.83. The molecule has 0 spiro atoms. The number of carboxylic acids is 1. The van der Waals surface area contributed by atoms with Crippen molar-refractivity contribution < 1.29 is 64.3 Å². The number of hydrogen-bond acceptors (Lipinski definition) is 7. The summed E-state index contributed by atoms with van der Waals surface area (Å²) < 4.78 is 11.1. The van der Waals surface area contributed by atoms with Gasteiger partial charge in [0, 0.05) is 10.7 Å². The predicted octanol–water partition coefficient (Wildman–Crippen LogP) is -3.48. The third-order valence-corrected chi connectivity index (χ3v) is 5.03. The number of H-pyrrole nitrogens is 1. The molecule has 5 atom stereocenters. The summed E-state index contributed by atoms with van der Waals surface area (Å²) >= 11 is 9.49. The molecule has 130 valence electrons. The van der Waals surface area contributed by atoms with Gasteiger partial charge < -0.3 is 39.7 Å². The Labute approximate surface area is 177 Å². The molecule has 1 aromatic heterocycles. The fourth-order valence-electron chi connectivity index (χ4n) is 2.49. The van der Waals surface area contributed by atoms with Gasteiger partial charge in [0.15, 0.2) is 0 Å². The summed E-state index contributed by atoms with van der Waals surface area (Å²) in [7, 11) is 0. The zero-order valence-electron chi connectivity index (χ0n) is 12.8. The SMILES string of the molecule is O=C([O-])[C@@H]1O[C@H](Oc2c[nH]c3ccc(Br)c(Cl)c23)[C@@H](O)[C@H](O)[C@H]1O.[Na+]. The third-order valence-electron chi connectivity index (χ3n) is 3.75. The Hall–Kier alpha value is -0.360. The number of benzene rings is 1. The number of carbonyl (C=O) groups excluding carboxylic acids is 1. The number of halogens is 2. The van der Waals surface area contributed by atoms with E-state index in [2.05, 4.69) is 20.9 Å². The van der Waals surface area contributed by atoms with Crippen molar-refractivity contribution in [3.63, 3.8) is 0 Å². The summed E-state index contributed by atoms with van der Waals surface area (Å²) in [6.07, 6.45) is -7.23. The van der Waals surface area contributed by atoms with Crippen LogP contribution in [0.25, 0.3) is 10.9 Å². The van der Waals surface area contributed by atoms with Gasteiger partial charge in [-0.3, -0.25) is 0 Å². The summed E-state index contributed by atoms with van der Waals surface area (Å²) in [6.45, 7) is 0. The van der Waals surface area contributed by atoms with E-state index in [4.69, 9.17) is 21.1 Å². The van der Waals surface area contributed by atoms with Gasteiger partial charge in [0.25, 0.3) is 0 Å². The number of carbonyl (C=O) groups is 1. The van der Waals surface area contributed by atoms with Crippen LogP contribution < -0.4 is 39.4 Å². The van der Waals surface area contributed by atoms with E-state index >= 15 is 0 Å². The second-order valence-corrected chi connectivity index (χ2v) is 6.50. The fourth-order valence-corrected chi connectivity index (χ4v) is 3.07. The minimum Gasteiger partial charge on any atom is -0.547 e. The van der Waals surface area contributed by atoms with Crippen LogP contribution in [-0.4, -0.2) is 57.0 Å². The molecule has 1 aromatic carbocycles. The number of aromatic nitrogens is 1. The van der Waals surface area contributed by atoms with E-state index in [1.807, 2.05) is 0 Å². The van der Waals surface area contributed by atoms with E-state index in [0.717, 1.165) is 0 Å². The van der Waals surface area contributed by atoms with Crippen LogP contribution in [0, 0.1) is 0 Å². The molecule has 3 rings (SSSR count). The molecule has 0 amide bonds. The van der Waals surface area contributed by atoms with E-state index in [0.29, 0.717) is 20.4 Å². The smallest absolute Gasteiger partial charge is 0.547 e. The van der Waals surface area contributed by atoms with E-state index in [1.54, 1.807) is 12.1 Å². The summed E-state index contributed by atoms with van der Waals surface area (Å²) in [6, 6.07) is 3.46. The molecule has 2 aromatic rings. The number of carboxylic acid groups (broad SMARTS) is 1. The average Bonchev–Trinajstić information content (AvgIpc) is 2.94. The van der Waals surface area contributed by atoms with Gasteiger partial charge in [-0.1, -0.05) is 11.6 Å². The third kappa shape index (κ3) is 3.85.